The fraction of sp³-hybridized carbons (Fsp3) is 0.714. The van der Waals surface area contributed by atoms with E-state index in [0.29, 0.717) is 19.6 Å². The second-order valence-corrected chi connectivity index (χ2v) is 2.28. The molecule has 0 amide bonds. The number of ether oxygens (including phenoxy) is 3. The number of rotatable bonds is 4. The average molecular weight is 171 g/mol. The van der Waals surface area contributed by atoms with Crippen LogP contribution >= 0.6 is 0 Å². The van der Waals surface area contributed by atoms with E-state index < -0.39 is 6.16 Å². The minimum Gasteiger partial charge on any atom is -0.430 e. The Morgan fingerprint density at radius 2 is 2.58 bits per heavy atom. The molecule has 0 spiro atoms. The average Bonchev–Trinajstić information content (AvgIpc) is 2.45. The van der Waals surface area contributed by atoms with Crippen molar-refractivity contribution in [2.75, 3.05) is 19.8 Å². The summed E-state index contributed by atoms with van der Waals surface area (Å²) in [6, 6.07) is 1.94. The summed E-state index contributed by atoms with van der Waals surface area (Å²) in [5.41, 5.74) is 0. The van der Waals surface area contributed by atoms with Gasteiger partial charge in [-0.25, -0.2) is 4.79 Å². The third-order valence-corrected chi connectivity index (χ3v) is 1.31. The summed E-state index contributed by atoms with van der Waals surface area (Å²) in [5.74, 6) is 0. The van der Waals surface area contributed by atoms with Crippen molar-refractivity contribution in [1.29, 1.82) is 5.26 Å². The predicted octanol–water partition coefficient (Wildman–Crippen LogP) is 0.452. The van der Waals surface area contributed by atoms with E-state index in [-0.39, 0.29) is 12.7 Å². The second-order valence-electron chi connectivity index (χ2n) is 2.28. The highest BCUT2D eigenvalue weighted by Gasteiger charge is 2.24. The Hall–Kier alpha value is -1.28. The molecule has 1 rings (SSSR count). The van der Waals surface area contributed by atoms with E-state index in [0.717, 1.165) is 0 Å². The van der Waals surface area contributed by atoms with E-state index in [1.807, 2.05) is 6.07 Å². The minimum atomic E-state index is -0.649. The van der Waals surface area contributed by atoms with Crippen molar-refractivity contribution in [3.8, 4) is 6.07 Å². The Morgan fingerprint density at radius 3 is 3.17 bits per heavy atom. The van der Waals surface area contributed by atoms with E-state index in [1.54, 1.807) is 0 Å². The van der Waals surface area contributed by atoms with Crippen LogP contribution in [0.4, 0.5) is 4.79 Å². The van der Waals surface area contributed by atoms with Gasteiger partial charge in [-0.05, 0) is 0 Å². The molecular weight excluding hydrogens is 162 g/mol. The molecule has 0 aromatic carbocycles. The first-order valence-electron chi connectivity index (χ1n) is 3.61. The summed E-state index contributed by atoms with van der Waals surface area (Å²) in [6.45, 7) is 0.906. The SMILES string of the molecule is N#CCCOCC1COC(=O)O1. The fourth-order valence-corrected chi connectivity index (χ4v) is 0.780. The molecule has 0 aliphatic carbocycles. The van der Waals surface area contributed by atoms with E-state index in [9.17, 15) is 4.79 Å². The van der Waals surface area contributed by atoms with Gasteiger partial charge in [-0.1, -0.05) is 0 Å². The van der Waals surface area contributed by atoms with Gasteiger partial charge in [0.1, 0.15) is 6.61 Å². The molecule has 0 N–H and O–H groups in total. The molecule has 66 valence electrons. The number of hydrogen-bond donors (Lipinski definition) is 0. The van der Waals surface area contributed by atoms with E-state index in [2.05, 4.69) is 9.47 Å². The maximum Gasteiger partial charge on any atom is 0.508 e. The number of nitriles is 1. The summed E-state index contributed by atoms with van der Waals surface area (Å²) in [4.78, 5) is 10.4. The summed E-state index contributed by atoms with van der Waals surface area (Å²) >= 11 is 0. The molecule has 1 aliphatic rings. The Labute approximate surface area is 69.8 Å². The normalized spacial score (nSPS) is 21.2. The van der Waals surface area contributed by atoms with Gasteiger partial charge in [-0.15, -0.1) is 0 Å². The highest BCUT2D eigenvalue weighted by atomic mass is 16.8. The van der Waals surface area contributed by atoms with E-state index in [4.69, 9.17) is 10.00 Å². The Bertz CT molecular complexity index is 198. The molecule has 0 saturated carbocycles. The molecule has 1 unspecified atom stereocenters. The van der Waals surface area contributed by atoms with Gasteiger partial charge in [0.15, 0.2) is 6.10 Å². The van der Waals surface area contributed by atoms with E-state index in [1.165, 1.54) is 0 Å². The highest BCUT2D eigenvalue weighted by Crippen LogP contribution is 2.05. The topological polar surface area (TPSA) is 68.5 Å². The Balaban J connectivity index is 2.01. The number of carbonyl (C=O) groups is 1. The first-order chi connectivity index (χ1) is 5.83. The zero-order valence-electron chi connectivity index (χ0n) is 6.49. The van der Waals surface area contributed by atoms with Crippen LogP contribution in [0, 0.1) is 11.3 Å². The molecular formula is C7H9NO4. The van der Waals surface area contributed by atoms with Crippen LogP contribution in [0.3, 0.4) is 0 Å². The summed E-state index contributed by atoms with van der Waals surface area (Å²) in [6.07, 6.45) is -0.610. The van der Waals surface area contributed by atoms with Crippen LogP contribution in [0.5, 0.6) is 0 Å². The van der Waals surface area contributed by atoms with Crippen molar-refractivity contribution in [2.45, 2.75) is 12.5 Å². The van der Waals surface area contributed by atoms with Gasteiger partial charge >= 0.3 is 6.16 Å². The molecule has 1 saturated heterocycles. The number of hydrogen-bond acceptors (Lipinski definition) is 5. The molecule has 0 aromatic heterocycles. The van der Waals surface area contributed by atoms with Gasteiger partial charge in [0.05, 0.1) is 25.7 Å². The number of cyclic esters (lactones) is 2. The lowest BCUT2D eigenvalue weighted by atomic mass is 10.4. The monoisotopic (exact) mass is 171 g/mol. The predicted molar refractivity (Wildman–Crippen MR) is 37.3 cm³/mol. The maximum atomic E-state index is 10.4. The molecule has 5 nitrogen and oxygen atoms in total. The molecule has 1 fully saturated rings. The minimum absolute atomic E-state index is 0.241. The van der Waals surface area contributed by atoms with Crippen LogP contribution < -0.4 is 0 Å². The number of carbonyl (C=O) groups excluding carboxylic acids is 1. The van der Waals surface area contributed by atoms with Gasteiger partial charge in [0.25, 0.3) is 0 Å². The van der Waals surface area contributed by atoms with Gasteiger partial charge in [0, 0.05) is 0 Å². The lowest BCUT2D eigenvalue weighted by Crippen LogP contribution is -2.18. The van der Waals surface area contributed by atoms with Crippen molar-refractivity contribution in [3.63, 3.8) is 0 Å². The summed E-state index contributed by atoms with van der Waals surface area (Å²) in [7, 11) is 0. The molecule has 1 aliphatic heterocycles. The van der Waals surface area contributed by atoms with E-state index >= 15 is 0 Å². The Morgan fingerprint density at radius 1 is 1.75 bits per heavy atom. The zero-order valence-corrected chi connectivity index (χ0v) is 6.49. The molecule has 1 heterocycles. The van der Waals surface area contributed by atoms with Crippen LogP contribution in [0.1, 0.15) is 6.42 Å². The first-order valence-corrected chi connectivity index (χ1v) is 3.61. The molecule has 12 heavy (non-hydrogen) atoms. The van der Waals surface area contributed by atoms with Crippen molar-refractivity contribution < 1.29 is 19.0 Å². The lowest BCUT2D eigenvalue weighted by molar-refractivity contribution is 0.0482. The van der Waals surface area contributed by atoms with Crippen LogP contribution in [0.15, 0.2) is 0 Å². The molecule has 0 aromatic rings. The lowest BCUT2D eigenvalue weighted by Gasteiger charge is -2.04. The standard InChI is InChI=1S/C7H9NO4/c8-2-1-3-10-4-6-5-11-7(9)12-6/h6H,1,3-5H2. The van der Waals surface area contributed by atoms with Gasteiger partial charge in [-0.2, -0.15) is 5.26 Å². The first kappa shape index (κ1) is 8.81. The summed E-state index contributed by atoms with van der Waals surface area (Å²) in [5, 5.41) is 8.16. The van der Waals surface area contributed by atoms with Crippen molar-refractivity contribution in [3.05, 3.63) is 0 Å². The van der Waals surface area contributed by atoms with Crippen LogP contribution in [0.2, 0.25) is 0 Å². The highest BCUT2D eigenvalue weighted by molar-refractivity contribution is 5.61. The summed E-state index contributed by atoms with van der Waals surface area (Å²) < 4.78 is 14.2. The van der Waals surface area contributed by atoms with Gasteiger partial charge in [0.2, 0.25) is 0 Å². The second kappa shape index (κ2) is 4.57. The third kappa shape index (κ3) is 2.76. The molecule has 0 radical (unpaired) electrons. The van der Waals surface area contributed by atoms with Crippen molar-refractivity contribution in [2.24, 2.45) is 0 Å². The van der Waals surface area contributed by atoms with Crippen LogP contribution in [-0.2, 0) is 14.2 Å². The van der Waals surface area contributed by atoms with Crippen molar-refractivity contribution >= 4 is 6.16 Å². The largest absolute Gasteiger partial charge is 0.508 e. The molecule has 1 atom stereocenters. The Kier molecular flexibility index (Phi) is 3.35. The van der Waals surface area contributed by atoms with Crippen LogP contribution in [0.25, 0.3) is 0 Å². The molecule has 0 bridgehead atoms. The smallest absolute Gasteiger partial charge is 0.430 e. The third-order valence-electron chi connectivity index (χ3n) is 1.31. The number of nitrogens with zero attached hydrogens (tertiary/aromatic N) is 1. The quantitative estimate of drug-likeness (QED) is 0.453. The zero-order chi connectivity index (χ0) is 8.81. The molecule has 5 heteroatoms. The maximum absolute atomic E-state index is 10.4. The van der Waals surface area contributed by atoms with Crippen LogP contribution in [-0.4, -0.2) is 32.1 Å². The van der Waals surface area contributed by atoms with Gasteiger partial charge < -0.3 is 14.2 Å². The van der Waals surface area contributed by atoms with Gasteiger partial charge in [-0.3, -0.25) is 0 Å². The fourth-order valence-electron chi connectivity index (χ4n) is 0.780. The van der Waals surface area contributed by atoms with Crippen molar-refractivity contribution in [1.82, 2.24) is 0 Å².